The predicted molar refractivity (Wildman–Crippen MR) is 49.8 cm³/mol. The van der Waals surface area contributed by atoms with E-state index >= 15 is 0 Å². The number of phenols is 1. The first kappa shape index (κ1) is 13.1. The van der Waals surface area contributed by atoms with Gasteiger partial charge in [-0.15, -0.1) is 0 Å². The number of halogens is 4. The molecule has 0 atom stereocenters. The molecular formula is C6H4Cl4OZr. The van der Waals surface area contributed by atoms with Crippen molar-refractivity contribution in [2.24, 2.45) is 0 Å². The van der Waals surface area contributed by atoms with Crippen LogP contribution in [0.5, 0.6) is 5.75 Å². The molecule has 0 aromatic heterocycles. The van der Waals surface area contributed by atoms with Gasteiger partial charge in [0.25, 0.3) is 0 Å². The van der Waals surface area contributed by atoms with E-state index in [0.717, 1.165) is 0 Å². The molecule has 0 fully saturated rings. The summed E-state index contributed by atoms with van der Waals surface area (Å²) in [6.07, 6.45) is 0. The quantitative estimate of drug-likeness (QED) is 0.762. The number of phenolic OH excluding ortho intramolecular Hbond substituents is 1. The molecule has 0 amide bonds. The van der Waals surface area contributed by atoms with E-state index in [4.69, 9.17) is 45.3 Å². The fourth-order valence-electron chi connectivity index (χ4n) is 0.492. The maximum atomic E-state index is 8.88. The molecule has 1 nitrogen and oxygen atoms in total. The van der Waals surface area contributed by atoms with Crippen molar-refractivity contribution in [1.29, 1.82) is 0 Å². The van der Waals surface area contributed by atoms with Crippen LogP contribution >= 0.6 is 40.2 Å². The Kier molecular flexibility index (Phi) is 8.13. The van der Waals surface area contributed by atoms with E-state index in [1.807, 2.05) is 0 Å². The molecule has 0 saturated heterocycles. The van der Waals surface area contributed by atoms with Crippen LogP contribution in [0.15, 0.2) is 18.2 Å². The molecular weight excluding hydrogens is 321 g/mol. The van der Waals surface area contributed by atoms with Crippen LogP contribution in [0.3, 0.4) is 0 Å². The Morgan fingerprint density at radius 3 is 2.00 bits per heavy atom. The van der Waals surface area contributed by atoms with E-state index in [1.54, 1.807) is 12.1 Å². The van der Waals surface area contributed by atoms with Crippen molar-refractivity contribution in [3.63, 3.8) is 0 Å². The Balaban J connectivity index is 0.000000354. The summed E-state index contributed by atoms with van der Waals surface area (Å²) in [4.78, 5) is 0. The van der Waals surface area contributed by atoms with Crippen molar-refractivity contribution in [2.45, 2.75) is 0 Å². The van der Waals surface area contributed by atoms with Crippen molar-refractivity contribution in [1.82, 2.24) is 0 Å². The number of hydrogen-bond acceptors (Lipinski definition) is 1. The molecule has 1 N–H and O–H groups in total. The average Bonchev–Trinajstić information content (AvgIpc) is 2.02. The summed E-state index contributed by atoms with van der Waals surface area (Å²) >= 11 is 10.2. The van der Waals surface area contributed by atoms with Crippen LogP contribution in [0.4, 0.5) is 0 Å². The van der Waals surface area contributed by atoms with Crippen LogP contribution in [0.25, 0.3) is 0 Å². The van der Waals surface area contributed by atoms with Crippen LogP contribution < -0.4 is 0 Å². The van der Waals surface area contributed by atoms with Crippen molar-refractivity contribution in [2.75, 3.05) is 0 Å². The summed E-state index contributed by atoms with van der Waals surface area (Å²) < 4.78 is 0. The van der Waals surface area contributed by atoms with Crippen LogP contribution in [0.1, 0.15) is 0 Å². The maximum absolute atomic E-state index is 8.88. The van der Waals surface area contributed by atoms with E-state index in [1.165, 1.54) is 6.07 Å². The number of rotatable bonds is 0. The van der Waals surface area contributed by atoms with Crippen LogP contribution in [0.2, 0.25) is 10.0 Å². The third-order valence-corrected chi connectivity index (χ3v) is 1.74. The van der Waals surface area contributed by atoms with Gasteiger partial charge in [-0.25, -0.2) is 0 Å². The van der Waals surface area contributed by atoms with Gasteiger partial charge in [-0.1, -0.05) is 29.3 Å². The molecule has 0 aliphatic carbocycles. The zero-order valence-corrected chi connectivity index (χ0v) is 11.2. The summed E-state index contributed by atoms with van der Waals surface area (Å²) in [5.74, 6) is 0.0177. The van der Waals surface area contributed by atoms with Gasteiger partial charge < -0.3 is 5.11 Å². The molecule has 1 rings (SSSR count). The summed E-state index contributed by atoms with van der Waals surface area (Å²) in [7, 11) is 9.87. The van der Waals surface area contributed by atoms with Crippen molar-refractivity contribution in [3.05, 3.63) is 28.2 Å². The molecule has 1 aromatic carbocycles. The molecule has 0 saturated carbocycles. The van der Waals surface area contributed by atoms with E-state index in [0.29, 0.717) is 5.02 Å². The van der Waals surface area contributed by atoms with E-state index in [-0.39, 0.29) is 10.8 Å². The predicted octanol–water partition coefficient (Wildman–Crippen LogP) is 4.08. The Labute approximate surface area is 99.2 Å². The number of hydrogen-bond donors (Lipinski definition) is 1. The zero-order chi connectivity index (χ0) is 9.56. The molecule has 0 unspecified atom stereocenters. The van der Waals surface area contributed by atoms with E-state index < -0.39 is 20.8 Å². The summed E-state index contributed by atoms with van der Waals surface area (Å²) in [6.45, 7) is 0. The molecule has 0 bridgehead atoms. The first-order valence-corrected chi connectivity index (χ1v) is 9.81. The monoisotopic (exact) mass is 322 g/mol. The molecule has 1 aromatic rings. The van der Waals surface area contributed by atoms with Gasteiger partial charge in [0.05, 0.1) is 5.02 Å². The first-order valence-electron chi connectivity index (χ1n) is 2.72. The average molecular weight is 325 g/mol. The molecule has 0 radical (unpaired) electrons. The molecule has 6 heteroatoms. The normalized spacial score (nSPS) is 8.33. The third kappa shape index (κ3) is 4.94. The van der Waals surface area contributed by atoms with Gasteiger partial charge in [0.2, 0.25) is 0 Å². The minimum absolute atomic E-state index is 0.0177. The van der Waals surface area contributed by atoms with E-state index in [2.05, 4.69) is 0 Å². The van der Waals surface area contributed by atoms with E-state index in [9.17, 15) is 0 Å². The second-order valence-electron chi connectivity index (χ2n) is 1.64. The summed E-state index contributed by atoms with van der Waals surface area (Å²) in [5, 5.41) is 9.46. The Morgan fingerprint density at radius 2 is 1.67 bits per heavy atom. The number of benzene rings is 1. The molecule has 0 aliphatic rings. The standard InChI is InChI=1S/C6H4Cl2O.2ClH.Zr/c7-4-2-1-3-5(9)6(4)8;;;/h1-3,9H;2*1H;/q;;;+2/p-2. The van der Waals surface area contributed by atoms with Crippen molar-refractivity contribution in [3.8, 4) is 5.75 Å². The fraction of sp³-hybridized carbons (Fsp3) is 0. The molecule has 0 spiro atoms. The van der Waals surface area contributed by atoms with Crippen LogP contribution in [-0.4, -0.2) is 5.11 Å². The summed E-state index contributed by atoms with van der Waals surface area (Å²) in [6, 6.07) is 4.72. The second kappa shape index (κ2) is 7.47. The molecule has 12 heavy (non-hydrogen) atoms. The number of aromatic hydroxyl groups is 1. The van der Waals surface area contributed by atoms with Gasteiger partial charge in [0.1, 0.15) is 10.8 Å². The summed E-state index contributed by atoms with van der Waals surface area (Å²) in [5.41, 5.74) is 0. The van der Waals surface area contributed by atoms with Crippen molar-refractivity contribution >= 4 is 40.2 Å². The van der Waals surface area contributed by atoms with Gasteiger partial charge >= 0.3 is 37.9 Å². The van der Waals surface area contributed by atoms with Crippen LogP contribution in [0, 0.1) is 0 Å². The van der Waals surface area contributed by atoms with Gasteiger partial charge in [-0.05, 0) is 12.1 Å². The fourth-order valence-corrected chi connectivity index (χ4v) is 0.788. The molecule has 0 heterocycles. The Hall–Kier alpha value is 1.06. The minimum atomic E-state index is -0.826. The zero-order valence-electron chi connectivity index (χ0n) is 5.69. The Morgan fingerprint density at radius 1 is 1.17 bits per heavy atom. The van der Waals surface area contributed by atoms with Gasteiger partial charge in [-0.3, -0.25) is 0 Å². The SMILES string of the molecule is Oc1cccc(Cl)c1Cl.[Cl][Zr][Cl]. The first-order chi connectivity index (χ1) is 5.63. The molecule has 0 aliphatic heterocycles. The van der Waals surface area contributed by atoms with Gasteiger partial charge in [0, 0.05) is 0 Å². The third-order valence-electron chi connectivity index (χ3n) is 0.931. The van der Waals surface area contributed by atoms with Gasteiger partial charge in [0.15, 0.2) is 0 Å². The second-order valence-corrected chi connectivity index (χ2v) is 6.16. The molecule has 66 valence electrons. The topological polar surface area (TPSA) is 20.2 Å². The van der Waals surface area contributed by atoms with Gasteiger partial charge in [-0.2, -0.15) is 0 Å². The Bertz CT molecular complexity index is 223. The van der Waals surface area contributed by atoms with Crippen molar-refractivity contribution < 1.29 is 26.0 Å². The van der Waals surface area contributed by atoms with Crippen LogP contribution in [-0.2, 0) is 20.8 Å².